The number of nitrogens with zero attached hydrogens (tertiary/aromatic N) is 2. The SMILES string of the molecule is Cc1ccc2nc(NC(=O)c3ccc(COc4ccc([N+](=O)[O-])cc4Cl)o3)sc2c1. The number of nitro benzene ring substituents is 1. The zero-order valence-corrected chi connectivity index (χ0v) is 17.1. The fourth-order valence-electron chi connectivity index (χ4n) is 2.69. The van der Waals surface area contributed by atoms with Crippen LogP contribution in [-0.4, -0.2) is 15.8 Å². The van der Waals surface area contributed by atoms with Crippen molar-refractivity contribution in [2.75, 3.05) is 5.32 Å². The van der Waals surface area contributed by atoms with Crippen LogP contribution >= 0.6 is 22.9 Å². The quantitative estimate of drug-likeness (QED) is 0.307. The average Bonchev–Trinajstić information content (AvgIpc) is 3.33. The van der Waals surface area contributed by atoms with E-state index in [-0.39, 0.29) is 28.8 Å². The molecule has 152 valence electrons. The van der Waals surface area contributed by atoms with Gasteiger partial charge in [-0.15, -0.1) is 0 Å². The summed E-state index contributed by atoms with van der Waals surface area (Å²) in [6.45, 7) is 2.00. The summed E-state index contributed by atoms with van der Waals surface area (Å²) in [7, 11) is 0. The first-order chi connectivity index (χ1) is 14.4. The van der Waals surface area contributed by atoms with Crippen molar-refractivity contribution in [3.63, 3.8) is 0 Å². The lowest BCUT2D eigenvalue weighted by atomic mass is 10.2. The van der Waals surface area contributed by atoms with Gasteiger partial charge in [0.15, 0.2) is 10.9 Å². The highest BCUT2D eigenvalue weighted by molar-refractivity contribution is 7.22. The number of halogens is 1. The minimum absolute atomic E-state index is 0.00518. The molecular formula is C20H14ClN3O5S. The fourth-order valence-corrected chi connectivity index (χ4v) is 3.88. The summed E-state index contributed by atoms with van der Waals surface area (Å²) in [5, 5.41) is 14.1. The lowest BCUT2D eigenvalue weighted by Gasteiger charge is -2.06. The molecule has 0 saturated heterocycles. The number of benzene rings is 2. The van der Waals surface area contributed by atoms with E-state index >= 15 is 0 Å². The summed E-state index contributed by atoms with van der Waals surface area (Å²) < 4.78 is 12.0. The van der Waals surface area contributed by atoms with Crippen molar-refractivity contribution in [1.29, 1.82) is 0 Å². The van der Waals surface area contributed by atoms with Gasteiger partial charge in [0.2, 0.25) is 0 Å². The Labute approximate surface area is 179 Å². The minimum atomic E-state index is -0.542. The molecule has 2 heterocycles. The Hall–Kier alpha value is -3.43. The number of carbonyl (C=O) groups excluding carboxylic acids is 1. The lowest BCUT2D eigenvalue weighted by Crippen LogP contribution is -2.10. The van der Waals surface area contributed by atoms with Crippen molar-refractivity contribution in [2.45, 2.75) is 13.5 Å². The van der Waals surface area contributed by atoms with Crippen LogP contribution in [0.2, 0.25) is 5.02 Å². The van der Waals surface area contributed by atoms with Gasteiger partial charge in [-0.2, -0.15) is 0 Å². The first-order valence-electron chi connectivity index (χ1n) is 8.73. The maximum atomic E-state index is 12.4. The van der Waals surface area contributed by atoms with Gasteiger partial charge >= 0.3 is 0 Å². The van der Waals surface area contributed by atoms with Crippen LogP contribution < -0.4 is 10.1 Å². The van der Waals surface area contributed by atoms with Crippen LogP contribution in [-0.2, 0) is 6.61 Å². The van der Waals surface area contributed by atoms with Crippen LogP contribution in [0.3, 0.4) is 0 Å². The molecule has 2 aromatic heterocycles. The molecule has 2 aromatic carbocycles. The number of non-ortho nitro benzene ring substituents is 1. The van der Waals surface area contributed by atoms with E-state index in [9.17, 15) is 14.9 Å². The van der Waals surface area contributed by atoms with Crippen molar-refractivity contribution >= 4 is 49.9 Å². The number of nitrogens with one attached hydrogen (secondary N) is 1. The van der Waals surface area contributed by atoms with E-state index in [0.717, 1.165) is 15.8 Å². The summed E-state index contributed by atoms with van der Waals surface area (Å²) in [6.07, 6.45) is 0. The average molecular weight is 444 g/mol. The van der Waals surface area contributed by atoms with Crippen molar-refractivity contribution in [2.24, 2.45) is 0 Å². The number of carbonyl (C=O) groups is 1. The van der Waals surface area contributed by atoms with Gasteiger partial charge in [0, 0.05) is 12.1 Å². The van der Waals surface area contributed by atoms with Gasteiger partial charge in [0.05, 0.1) is 20.2 Å². The molecule has 1 N–H and O–H groups in total. The molecule has 0 aliphatic rings. The maximum absolute atomic E-state index is 12.4. The second-order valence-electron chi connectivity index (χ2n) is 6.37. The number of thiazole rings is 1. The number of nitro groups is 1. The Kier molecular flexibility index (Phi) is 5.39. The third-order valence-corrected chi connectivity index (χ3v) is 5.38. The largest absolute Gasteiger partial charge is 0.484 e. The van der Waals surface area contributed by atoms with Crippen LogP contribution in [0.25, 0.3) is 10.2 Å². The Morgan fingerprint density at radius 1 is 1.27 bits per heavy atom. The van der Waals surface area contributed by atoms with Crippen LogP contribution in [0.4, 0.5) is 10.8 Å². The highest BCUT2D eigenvalue weighted by atomic mass is 35.5. The molecule has 0 atom stereocenters. The van der Waals surface area contributed by atoms with Crippen molar-refractivity contribution in [1.82, 2.24) is 4.98 Å². The molecular weight excluding hydrogens is 430 g/mol. The topological polar surface area (TPSA) is 108 Å². The van der Waals surface area contributed by atoms with Gasteiger partial charge in [-0.05, 0) is 42.8 Å². The Morgan fingerprint density at radius 3 is 2.87 bits per heavy atom. The molecule has 0 bridgehead atoms. The third kappa shape index (κ3) is 4.27. The number of anilines is 1. The molecule has 0 saturated carbocycles. The Balaban J connectivity index is 1.40. The number of hydrogen-bond acceptors (Lipinski definition) is 7. The smallest absolute Gasteiger partial charge is 0.293 e. The molecule has 4 aromatic rings. The maximum Gasteiger partial charge on any atom is 0.293 e. The monoisotopic (exact) mass is 443 g/mol. The predicted molar refractivity (Wildman–Crippen MR) is 113 cm³/mol. The van der Waals surface area contributed by atoms with Gasteiger partial charge in [-0.25, -0.2) is 4.98 Å². The highest BCUT2D eigenvalue weighted by Gasteiger charge is 2.15. The van der Waals surface area contributed by atoms with E-state index in [4.69, 9.17) is 20.8 Å². The predicted octanol–water partition coefficient (Wildman–Crippen LogP) is 5.59. The van der Waals surface area contributed by atoms with Gasteiger partial charge in [-0.1, -0.05) is 29.0 Å². The van der Waals surface area contributed by atoms with Crippen molar-refractivity contribution < 1.29 is 18.9 Å². The van der Waals surface area contributed by atoms with E-state index < -0.39 is 10.8 Å². The van der Waals surface area contributed by atoms with Gasteiger partial charge in [0.1, 0.15) is 18.1 Å². The molecule has 30 heavy (non-hydrogen) atoms. The van der Waals surface area contributed by atoms with Crippen molar-refractivity contribution in [3.8, 4) is 5.75 Å². The molecule has 8 nitrogen and oxygen atoms in total. The molecule has 0 fully saturated rings. The number of rotatable bonds is 6. The van der Waals surface area contributed by atoms with Crippen molar-refractivity contribution in [3.05, 3.63) is 80.8 Å². The molecule has 10 heteroatoms. The molecule has 4 rings (SSSR count). The number of amides is 1. The van der Waals surface area contributed by atoms with E-state index in [1.165, 1.54) is 35.6 Å². The summed E-state index contributed by atoms with van der Waals surface area (Å²) in [5.74, 6) is 0.355. The molecule has 0 spiro atoms. The number of hydrogen-bond donors (Lipinski definition) is 1. The number of furan rings is 1. The summed E-state index contributed by atoms with van der Waals surface area (Å²) in [5.41, 5.74) is 1.80. The lowest BCUT2D eigenvalue weighted by molar-refractivity contribution is -0.384. The minimum Gasteiger partial charge on any atom is -0.484 e. The first-order valence-corrected chi connectivity index (χ1v) is 9.92. The number of aromatic nitrogens is 1. The van der Waals surface area contributed by atoms with E-state index in [1.807, 2.05) is 25.1 Å². The number of fused-ring (bicyclic) bond motifs is 1. The second kappa shape index (κ2) is 8.13. The summed E-state index contributed by atoms with van der Waals surface area (Å²) in [6, 6.07) is 12.9. The Morgan fingerprint density at radius 2 is 2.10 bits per heavy atom. The summed E-state index contributed by atoms with van der Waals surface area (Å²) >= 11 is 7.38. The zero-order valence-electron chi connectivity index (χ0n) is 15.5. The summed E-state index contributed by atoms with van der Waals surface area (Å²) in [4.78, 5) is 27.0. The van der Waals surface area contributed by atoms with Crippen LogP contribution in [0.5, 0.6) is 5.75 Å². The van der Waals surface area contributed by atoms with Gasteiger partial charge in [-0.3, -0.25) is 20.2 Å². The van der Waals surface area contributed by atoms with E-state index in [1.54, 1.807) is 6.07 Å². The van der Waals surface area contributed by atoms with Gasteiger partial charge < -0.3 is 9.15 Å². The van der Waals surface area contributed by atoms with E-state index in [0.29, 0.717) is 10.9 Å². The zero-order chi connectivity index (χ0) is 21.3. The highest BCUT2D eigenvalue weighted by Crippen LogP contribution is 2.30. The number of aryl methyl sites for hydroxylation is 1. The van der Waals surface area contributed by atoms with Crippen LogP contribution in [0.1, 0.15) is 21.9 Å². The number of ether oxygens (including phenoxy) is 1. The molecule has 0 aliphatic heterocycles. The molecule has 1 amide bonds. The fraction of sp³-hybridized carbons (Fsp3) is 0.100. The van der Waals surface area contributed by atoms with E-state index in [2.05, 4.69) is 10.3 Å². The van der Waals surface area contributed by atoms with Gasteiger partial charge in [0.25, 0.3) is 11.6 Å². The van der Waals surface area contributed by atoms with Crippen LogP contribution in [0.15, 0.2) is 52.9 Å². The Bertz CT molecular complexity index is 1270. The standard InChI is InChI=1S/C20H14ClN3O5S/c1-11-2-5-15-18(8-11)30-20(22-15)23-19(25)17-7-4-13(29-17)10-28-16-6-3-12(24(26)27)9-14(16)21/h2-9H,10H2,1H3,(H,22,23,25). The third-order valence-electron chi connectivity index (χ3n) is 4.15. The molecule has 0 radical (unpaired) electrons. The van der Waals surface area contributed by atoms with Crippen LogP contribution in [0, 0.1) is 17.0 Å². The normalized spacial score (nSPS) is 10.9. The first kappa shape index (κ1) is 19.9. The molecule has 0 aliphatic carbocycles. The molecule has 0 unspecified atom stereocenters. The second-order valence-corrected chi connectivity index (χ2v) is 7.81.